The molecule has 0 aliphatic rings. The molecule has 0 spiro atoms. The van der Waals surface area contributed by atoms with Gasteiger partial charge in [-0.05, 0) is 24.3 Å². The number of halogens is 1. The van der Waals surface area contributed by atoms with Crippen LogP contribution in [0.3, 0.4) is 0 Å². The van der Waals surface area contributed by atoms with Crippen LogP contribution in [0.4, 0.5) is 5.69 Å². The molecule has 3 aromatic carbocycles. The molecule has 0 radical (unpaired) electrons. The third-order valence-electron chi connectivity index (χ3n) is 5.90. The largest absolute Gasteiger partial charge is 0.508 e. The highest BCUT2D eigenvalue weighted by atomic mass is 35.5. The van der Waals surface area contributed by atoms with E-state index >= 15 is 0 Å². The summed E-state index contributed by atoms with van der Waals surface area (Å²) in [5, 5.41) is 13.0. The Morgan fingerprint density at radius 2 is 1.61 bits per heavy atom. The maximum absolute atomic E-state index is 13.4. The molecule has 0 unspecified atom stereocenters. The number of amides is 1. The first kappa shape index (κ1) is 26.5. The Morgan fingerprint density at radius 1 is 0.921 bits per heavy atom. The fourth-order valence-electron chi connectivity index (χ4n) is 4.06. The topological polar surface area (TPSA) is 129 Å². The van der Waals surface area contributed by atoms with E-state index in [2.05, 4.69) is 5.32 Å². The summed E-state index contributed by atoms with van der Waals surface area (Å²) in [5.74, 6) is -0.479. The highest BCUT2D eigenvalue weighted by Crippen LogP contribution is 2.35. The zero-order valence-corrected chi connectivity index (χ0v) is 21.3. The van der Waals surface area contributed by atoms with E-state index in [0.29, 0.717) is 11.3 Å². The highest BCUT2D eigenvalue weighted by Gasteiger charge is 2.19. The molecule has 196 valence electrons. The number of carbonyl (C=O) groups is 2. The molecule has 0 bridgehead atoms. The lowest BCUT2D eigenvalue weighted by molar-refractivity contribution is -0.119. The van der Waals surface area contributed by atoms with Crippen LogP contribution in [0.5, 0.6) is 17.2 Å². The molecule has 0 saturated heterocycles. The molecule has 0 atom stereocenters. The molecule has 1 heterocycles. The second-order valence-electron chi connectivity index (χ2n) is 8.36. The first-order valence-electron chi connectivity index (χ1n) is 11.5. The van der Waals surface area contributed by atoms with Crippen molar-refractivity contribution < 1.29 is 24.2 Å². The van der Waals surface area contributed by atoms with Crippen molar-refractivity contribution in [3.8, 4) is 17.2 Å². The Hall–Kier alpha value is -4.57. The van der Waals surface area contributed by atoms with E-state index in [1.54, 1.807) is 36.4 Å². The number of nitrogens with one attached hydrogen (secondary N) is 1. The molecule has 4 aromatic rings. The Bertz CT molecular complexity index is 1660. The average molecular weight is 538 g/mol. The van der Waals surface area contributed by atoms with E-state index < -0.39 is 36.0 Å². The van der Waals surface area contributed by atoms with Gasteiger partial charge in [-0.3, -0.25) is 23.5 Å². The van der Waals surface area contributed by atoms with Gasteiger partial charge in [-0.1, -0.05) is 41.9 Å². The van der Waals surface area contributed by atoms with Crippen molar-refractivity contribution in [2.24, 2.45) is 0 Å². The number of para-hydroxylation sites is 2. The second-order valence-corrected chi connectivity index (χ2v) is 8.76. The quantitative estimate of drug-likeness (QED) is 0.336. The standard InChI is InChI=1S/C27H24ClN3O7/c1-37-23-13-24(38-2)20(12-19(23)28)29-25(34)15-30-21-9-5-4-8-18(21)26(35)31(27(30)36)14-17(32)11-16-7-3-6-10-22(16)33/h3-10,12-13,33H,11,14-15H2,1-2H3,(H,29,34). The van der Waals surface area contributed by atoms with Crippen LogP contribution in [0.2, 0.25) is 5.02 Å². The zero-order chi connectivity index (χ0) is 27.4. The maximum Gasteiger partial charge on any atom is 0.332 e. The summed E-state index contributed by atoms with van der Waals surface area (Å²) >= 11 is 6.19. The lowest BCUT2D eigenvalue weighted by Crippen LogP contribution is -2.43. The number of ketones is 1. The van der Waals surface area contributed by atoms with Gasteiger partial charge in [0.1, 0.15) is 23.8 Å². The summed E-state index contributed by atoms with van der Waals surface area (Å²) in [5.41, 5.74) is -0.613. The minimum Gasteiger partial charge on any atom is -0.508 e. The lowest BCUT2D eigenvalue weighted by atomic mass is 10.1. The number of Topliss-reactive ketones (excluding diaryl/α,β-unsaturated/α-hetero) is 1. The third-order valence-corrected chi connectivity index (χ3v) is 6.19. The van der Waals surface area contributed by atoms with Gasteiger partial charge in [0.25, 0.3) is 5.56 Å². The number of carbonyl (C=O) groups excluding carboxylic acids is 2. The number of ether oxygens (including phenoxy) is 2. The summed E-state index contributed by atoms with van der Waals surface area (Å²) in [6.07, 6.45) is -0.177. The number of rotatable bonds is 9. The number of hydrogen-bond acceptors (Lipinski definition) is 7. The molecule has 10 nitrogen and oxygen atoms in total. The molecule has 1 amide bonds. The van der Waals surface area contributed by atoms with E-state index in [1.807, 2.05) is 0 Å². The van der Waals surface area contributed by atoms with Crippen LogP contribution in [0.25, 0.3) is 10.9 Å². The van der Waals surface area contributed by atoms with Crippen molar-refractivity contribution in [3.05, 3.63) is 92.1 Å². The number of nitrogens with zero attached hydrogens (tertiary/aromatic N) is 2. The number of anilines is 1. The molecule has 2 N–H and O–H groups in total. The van der Waals surface area contributed by atoms with Crippen LogP contribution in [0.15, 0.2) is 70.3 Å². The molecule has 4 rings (SSSR count). The minimum atomic E-state index is -0.825. The highest BCUT2D eigenvalue weighted by molar-refractivity contribution is 6.32. The second kappa shape index (κ2) is 11.2. The molecule has 1 aromatic heterocycles. The molecule has 0 fully saturated rings. The van der Waals surface area contributed by atoms with Gasteiger partial charge in [0.15, 0.2) is 5.78 Å². The minimum absolute atomic E-state index is 0.0603. The molecule has 0 saturated carbocycles. The van der Waals surface area contributed by atoms with Crippen LogP contribution in [0.1, 0.15) is 5.56 Å². The third kappa shape index (κ3) is 5.40. The Labute approximate surface area is 221 Å². The lowest BCUT2D eigenvalue weighted by Gasteiger charge is -2.16. The summed E-state index contributed by atoms with van der Waals surface area (Å²) in [7, 11) is 2.86. The van der Waals surface area contributed by atoms with Gasteiger partial charge in [0, 0.05) is 18.1 Å². The van der Waals surface area contributed by atoms with Gasteiger partial charge in [0.2, 0.25) is 5.91 Å². The van der Waals surface area contributed by atoms with Gasteiger partial charge >= 0.3 is 5.69 Å². The number of fused-ring (bicyclic) bond motifs is 1. The van der Waals surface area contributed by atoms with Crippen molar-refractivity contribution in [2.75, 3.05) is 19.5 Å². The summed E-state index contributed by atoms with van der Waals surface area (Å²) in [4.78, 5) is 52.3. The van der Waals surface area contributed by atoms with Crippen LogP contribution in [0, 0.1) is 0 Å². The van der Waals surface area contributed by atoms with E-state index in [-0.39, 0.29) is 39.5 Å². The number of phenols is 1. The molecular formula is C27H24ClN3O7. The summed E-state index contributed by atoms with van der Waals surface area (Å²) in [6, 6.07) is 15.6. The predicted octanol–water partition coefficient (Wildman–Crippen LogP) is 2.99. The summed E-state index contributed by atoms with van der Waals surface area (Å²) in [6.45, 7) is -0.986. The number of hydrogen-bond donors (Lipinski definition) is 2. The van der Waals surface area contributed by atoms with Crippen molar-refractivity contribution in [3.63, 3.8) is 0 Å². The monoisotopic (exact) mass is 537 g/mol. The first-order valence-corrected chi connectivity index (χ1v) is 11.8. The Morgan fingerprint density at radius 3 is 2.32 bits per heavy atom. The van der Waals surface area contributed by atoms with Crippen molar-refractivity contribution in [1.82, 2.24) is 9.13 Å². The predicted molar refractivity (Wildman–Crippen MR) is 142 cm³/mol. The maximum atomic E-state index is 13.4. The number of aromatic nitrogens is 2. The van der Waals surface area contributed by atoms with E-state index in [9.17, 15) is 24.3 Å². The van der Waals surface area contributed by atoms with Crippen LogP contribution < -0.4 is 26.0 Å². The van der Waals surface area contributed by atoms with Gasteiger partial charge in [0.05, 0.1) is 42.4 Å². The molecule has 0 aliphatic carbocycles. The zero-order valence-electron chi connectivity index (χ0n) is 20.6. The molecule has 0 aliphatic heterocycles. The number of phenolic OH excluding ortho intramolecular Hbond substituents is 1. The SMILES string of the molecule is COc1cc(OC)c(NC(=O)Cn2c(=O)n(CC(=O)Cc3ccccc3O)c(=O)c3ccccc32)cc1Cl. The van der Waals surface area contributed by atoms with E-state index in [4.69, 9.17) is 21.1 Å². The van der Waals surface area contributed by atoms with E-state index in [0.717, 1.165) is 9.13 Å². The van der Waals surface area contributed by atoms with Gasteiger partial charge in [-0.25, -0.2) is 4.79 Å². The Kier molecular flexibility index (Phi) is 7.82. The van der Waals surface area contributed by atoms with Gasteiger partial charge < -0.3 is 19.9 Å². The fourth-order valence-corrected chi connectivity index (χ4v) is 4.30. The number of methoxy groups -OCH3 is 2. The van der Waals surface area contributed by atoms with Crippen molar-refractivity contribution in [2.45, 2.75) is 19.5 Å². The van der Waals surface area contributed by atoms with Crippen molar-refractivity contribution >= 4 is 39.9 Å². The van der Waals surface area contributed by atoms with Crippen molar-refractivity contribution in [1.29, 1.82) is 0 Å². The molecule has 38 heavy (non-hydrogen) atoms. The molecule has 11 heteroatoms. The van der Waals surface area contributed by atoms with Crippen LogP contribution in [-0.2, 0) is 29.1 Å². The van der Waals surface area contributed by atoms with Gasteiger partial charge in [-0.2, -0.15) is 0 Å². The summed E-state index contributed by atoms with van der Waals surface area (Å²) < 4.78 is 12.4. The number of aromatic hydroxyl groups is 1. The molecular weight excluding hydrogens is 514 g/mol. The fraction of sp³-hybridized carbons (Fsp3) is 0.185. The number of benzene rings is 3. The van der Waals surface area contributed by atoms with Crippen LogP contribution >= 0.6 is 11.6 Å². The Balaban J connectivity index is 1.68. The smallest absolute Gasteiger partial charge is 0.332 e. The first-order chi connectivity index (χ1) is 18.2. The van der Waals surface area contributed by atoms with Gasteiger partial charge in [-0.15, -0.1) is 0 Å². The van der Waals surface area contributed by atoms with Crippen LogP contribution in [-0.4, -0.2) is 40.2 Å². The average Bonchev–Trinajstić information content (AvgIpc) is 2.90. The van der Waals surface area contributed by atoms with E-state index in [1.165, 1.54) is 38.5 Å². The normalized spacial score (nSPS) is 10.8.